The van der Waals surface area contributed by atoms with Crippen LogP contribution in [-0.2, 0) is 6.42 Å². The van der Waals surface area contributed by atoms with Crippen molar-refractivity contribution in [1.82, 2.24) is 0 Å². The van der Waals surface area contributed by atoms with E-state index in [2.05, 4.69) is 74.0 Å². The van der Waals surface area contributed by atoms with Crippen molar-refractivity contribution in [1.29, 1.82) is 0 Å². The lowest BCUT2D eigenvalue weighted by atomic mass is 9.88. The van der Waals surface area contributed by atoms with Crippen LogP contribution in [0, 0.1) is 27.7 Å². The molecule has 2 aromatic rings. The van der Waals surface area contributed by atoms with Crippen molar-refractivity contribution in [2.75, 3.05) is 0 Å². The fourth-order valence-corrected chi connectivity index (χ4v) is 3.86. The fraction of sp³-hybridized carbons (Fsp3) is 0.263. The molecule has 102 valence electrons. The summed E-state index contributed by atoms with van der Waals surface area (Å²) in [5.74, 6) is 0. The molecule has 2 aromatic carbocycles. The van der Waals surface area contributed by atoms with Crippen LogP contribution in [0.15, 0.2) is 28.7 Å². The molecule has 0 fully saturated rings. The van der Waals surface area contributed by atoms with Gasteiger partial charge in [-0.15, -0.1) is 0 Å². The van der Waals surface area contributed by atoms with Crippen molar-refractivity contribution in [2.45, 2.75) is 34.1 Å². The maximum absolute atomic E-state index is 3.74. The Hall–Kier alpha value is -1.34. The van der Waals surface area contributed by atoms with E-state index in [4.69, 9.17) is 0 Å². The molecule has 0 saturated carbocycles. The number of aryl methyl sites for hydroxylation is 4. The number of allylic oxidation sites excluding steroid dienone is 1. The highest BCUT2D eigenvalue weighted by molar-refractivity contribution is 9.10. The average molecular weight is 327 g/mol. The van der Waals surface area contributed by atoms with Crippen molar-refractivity contribution in [3.05, 3.63) is 62.1 Å². The van der Waals surface area contributed by atoms with Gasteiger partial charge in [-0.1, -0.05) is 29.8 Å². The van der Waals surface area contributed by atoms with E-state index in [0.717, 1.165) is 6.42 Å². The molecule has 0 amide bonds. The van der Waals surface area contributed by atoms with E-state index in [1.54, 1.807) is 0 Å². The van der Waals surface area contributed by atoms with E-state index in [0.29, 0.717) is 0 Å². The zero-order valence-electron chi connectivity index (χ0n) is 12.5. The summed E-state index contributed by atoms with van der Waals surface area (Å²) < 4.78 is 1.24. The first-order chi connectivity index (χ1) is 9.49. The zero-order chi connectivity index (χ0) is 14.4. The minimum absolute atomic E-state index is 1.04. The molecule has 0 N–H and O–H groups in total. The average Bonchev–Trinajstić information content (AvgIpc) is 2.83. The Bertz CT molecular complexity index is 713. The summed E-state index contributed by atoms with van der Waals surface area (Å²) in [6.45, 7) is 8.80. The smallest absolute Gasteiger partial charge is 0.0280 e. The van der Waals surface area contributed by atoms with Gasteiger partial charge in [-0.25, -0.2) is 0 Å². The van der Waals surface area contributed by atoms with Crippen LogP contribution in [0.3, 0.4) is 0 Å². The molecule has 3 rings (SSSR count). The number of fused-ring (bicyclic) bond motifs is 1. The second kappa shape index (κ2) is 4.89. The second-order valence-corrected chi connectivity index (χ2v) is 6.62. The predicted molar refractivity (Wildman–Crippen MR) is 91.3 cm³/mol. The van der Waals surface area contributed by atoms with Crippen molar-refractivity contribution >= 4 is 22.0 Å². The van der Waals surface area contributed by atoms with Crippen molar-refractivity contribution in [3.63, 3.8) is 0 Å². The maximum Gasteiger partial charge on any atom is 0.0280 e. The van der Waals surface area contributed by atoms with Gasteiger partial charge in [-0.3, -0.25) is 0 Å². The second-order valence-electron chi connectivity index (χ2n) is 5.83. The lowest BCUT2D eigenvalue weighted by Crippen LogP contribution is -1.97. The summed E-state index contributed by atoms with van der Waals surface area (Å²) in [4.78, 5) is 0. The topological polar surface area (TPSA) is 0 Å². The van der Waals surface area contributed by atoms with E-state index in [9.17, 15) is 0 Å². The molecule has 0 unspecified atom stereocenters. The van der Waals surface area contributed by atoms with Gasteiger partial charge >= 0.3 is 0 Å². The van der Waals surface area contributed by atoms with Gasteiger partial charge in [0.1, 0.15) is 0 Å². The Morgan fingerprint density at radius 2 is 1.55 bits per heavy atom. The van der Waals surface area contributed by atoms with E-state index < -0.39 is 0 Å². The van der Waals surface area contributed by atoms with Gasteiger partial charge < -0.3 is 0 Å². The first-order valence-electron chi connectivity index (χ1n) is 7.05. The molecule has 20 heavy (non-hydrogen) atoms. The maximum atomic E-state index is 3.74. The molecule has 0 nitrogen and oxygen atoms in total. The quantitative estimate of drug-likeness (QED) is 0.610. The highest BCUT2D eigenvalue weighted by Crippen LogP contribution is 2.40. The van der Waals surface area contributed by atoms with Crippen molar-refractivity contribution < 1.29 is 0 Å². The highest BCUT2D eigenvalue weighted by atomic mass is 79.9. The minimum atomic E-state index is 1.04. The van der Waals surface area contributed by atoms with Gasteiger partial charge in [0.05, 0.1) is 0 Å². The Balaban J connectivity index is 2.33. The van der Waals surface area contributed by atoms with Crippen LogP contribution in [0.1, 0.15) is 33.4 Å². The molecule has 0 spiro atoms. The molecule has 0 radical (unpaired) electrons. The zero-order valence-corrected chi connectivity index (χ0v) is 14.1. The summed E-state index contributed by atoms with van der Waals surface area (Å²) in [6.07, 6.45) is 5.54. The highest BCUT2D eigenvalue weighted by Gasteiger charge is 2.19. The molecule has 0 aromatic heterocycles. The lowest BCUT2D eigenvalue weighted by molar-refractivity contribution is 1.25. The van der Waals surface area contributed by atoms with Gasteiger partial charge in [0.15, 0.2) is 0 Å². The normalized spacial score (nSPS) is 12.8. The third kappa shape index (κ3) is 2.05. The van der Waals surface area contributed by atoms with E-state index >= 15 is 0 Å². The van der Waals surface area contributed by atoms with Crippen LogP contribution in [0.2, 0.25) is 0 Å². The number of benzene rings is 2. The number of hydrogen-bond donors (Lipinski definition) is 0. The Labute approximate surface area is 129 Å². The molecule has 1 aliphatic carbocycles. The van der Waals surface area contributed by atoms with E-state index in [-0.39, 0.29) is 0 Å². The fourth-order valence-electron chi connectivity index (χ4n) is 3.37. The number of halogens is 1. The van der Waals surface area contributed by atoms with Gasteiger partial charge in [-0.05, 0) is 95.1 Å². The van der Waals surface area contributed by atoms with Crippen molar-refractivity contribution in [3.8, 4) is 11.1 Å². The molecule has 0 heterocycles. The van der Waals surface area contributed by atoms with E-state index in [1.165, 1.54) is 49.0 Å². The summed E-state index contributed by atoms with van der Waals surface area (Å²) in [7, 11) is 0. The van der Waals surface area contributed by atoms with Gasteiger partial charge in [-0.2, -0.15) is 0 Å². The third-order valence-electron chi connectivity index (χ3n) is 4.15. The number of hydrogen-bond acceptors (Lipinski definition) is 0. The standard InChI is InChI=1S/C19H19Br/c1-11-8-12(2)18(13(3)9-11)17-10-14(4)19(20)16-7-5-6-15(16)17/h5,7-10H,6H2,1-4H3. The Morgan fingerprint density at radius 3 is 2.20 bits per heavy atom. The third-order valence-corrected chi connectivity index (χ3v) is 5.20. The SMILES string of the molecule is Cc1cc(C)c(-c2cc(C)c(Br)c3c2CC=C3)c(C)c1. The summed E-state index contributed by atoms with van der Waals surface area (Å²) in [6, 6.07) is 6.91. The van der Waals surface area contributed by atoms with Crippen LogP contribution in [0.5, 0.6) is 0 Å². The monoisotopic (exact) mass is 326 g/mol. The molecule has 1 aliphatic rings. The van der Waals surface area contributed by atoms with Crippen molar-refractivity contribution in [2.24, 2.45) is 0 Å². The lowest BCUT2D eigenvalue weighted by Gasteiger charge is -2.18. The largest absolute Gasteiger partial charge is 0.0794 e. The Morgan fingerprint density at radius 1 is 0.900 bits per heavy atom. The molecule has 0 saturated heterocycles. The van der Waals surface area contributed by atoms with Crippen LogP contribution in [-0.4, -0.2) is 0 Å². The summed E-state index contributed by atoms with van der Waals surface area (Å²) in [5, 5.41) is 0. The van der Waals surface area contributed by atoms with Crippen LogP contribution in [0.4, 0.5) is 0 Å². The first-order valence-corrected chi connectivity index (χ1v) is 7.85. The van der Waals surface area contributed by atoms with E-state index in [1.807, 2.05) is 0 Å². The molecular weight excluding hydrogens is 308 g/mol. The number of rotatable bonds is 1. The Kier molecular flexibility index (Phi) is 3.33. The van der Waals surface area contributed by atoms with Crippen LogP contribution >= 0.6 is 15.9 Å². The molecule has 1 heteroatoms. The molecular formula is C19H19Br. The van der Waals surface area contributed by atoms with Crippen LogP contribution in [0.25, 0.3) is 17.2 Å². The van der Waals surface area contributed by atoms with Crippen LogP contribution < -0.4 is 0 Å². The molecule has 0 atom stereocenters. The predicted octanol–water partition coefficient (Wildman–Crippen LogP) is 5.92. The van der Waals surface area contributed by atoms with Gasteiger partial charge in [0.2, 0.25) is 0 Å². The summed E-state index contributed by atoms with van der Waals surface area (Å²) >= 11 is 3.74. The molecule has 0 aliphatic heterocycles. The minimum Gasteiger partial charge on any atom is -0.0794 e. The summed E-state index contributed by atoms with van der Waals surface area (Å²) in [5.41, 5.74) is 11.0. The van der Waals surface area contributed by atoms with Gasteiger partial charge in [0.25, 0.3) is 0 Å². The first kappa shape index (κ1) is 13.6. The van der Waals surface area contributed by atoms with Gasteiger partial charge in [0, 0.05) is 4.47 Å². The molecule has 0 bridgehead atoms.